The van der Waals surface area contributed by atoms with Gasteiger partial charge in [-0.2, -0.15) is 0 Å². The topological polar surface area (TPSA) is 84.9 Å². The largest absolute Gasteiger partial charge is 0.464 e. The van der Waals surface area contributed by atoms with Crippen LogP contribution in [0.2, 0.25) is 0 Å². The van der Waals surface area contributed by atoms with Crippen molar-refractivity contribution in [2.45, 2.75) is 195 Å². The number of amides is 1. The highest BCUT2D eigenvalue weighted by Crippen LogP contribution is 2.22. The molecule has 7 nitrogen and oxygen atoms in total. The molecule has 284 valence electrons. The maximum Gasteiger partial charge on any atom is 0.308 e. The number of hydrogen-bond acceptors (Lipinski definition) is 6. The Morgan fingerprint density at radius 3 is 1.19 bits per heavy atom. The molecule has 0 rings (SSSR count). The first kappa shape index (κ1) is 46.4. The summed E-state index contributed by atoms with van der Waals surface area (Å²) in [5, 5.41) is 3.22. The molecule has 7 heteroatoms. The molecule has 0 spiro atoms. The van der Waals surface area contributed by atoms with Gasteiger partial charge in [0.25, 0.3) is 0 Å². The van der Waals surface area contributed by atoms with Crippen molar-refractivity contribution in [3.05, 3.63) is 0 Å². The van der Waals surface area contributed by atoms with Gasteiger partial charge >= 0.3 is 11.9 Å². The molecule has 0 saturated carbocycles. The minimum atomic E-state index is -0.118. The molecule has 2 atom stereocenters. The lowest BCUT2D eigenvalue weighted by Gasteiger charge is -2.24. The van der Waals surface area contributed by atoms with E-state index in [2.05, 4.69) is 33.0 Å². The van der Waals surface area contributed by atoms with E-state index in [0.29, 0.717) is 26.1 Å². The molecule has 0 radical (unpaired) electrons. The standard InChI is InChI=1S/C41H80N2O5/c1-6-11-15-19-21-25-29-37(27-23-17-13-8-3)40(45)47-35-33-43(39(44)31-32-42-10-5)34-36-48-41(46)38(28-24-18-14-9-4)30-26-22-20-16-12-7-2/h37-38,42H,6-36H2,1-5H3. The number of rotatable bonds is 36. The van der Waals surface area contributed by atoms with E-state index < -0.39 is 0 Å². The van der Waals surface area contributed by atoms with Crippen LogP contribution in [-0.4, -0.2) is 62.1 Å². The number of esters is 2. The van der Waals surface area contributed by atoms with Crippen LogP contribution in [-0.2, 0) is 23.9 Å². The molecule has 0 heterocycles. The molecular weight excluding hydrogens is 600 g/mol. The number of carbonyl (C=O) groups excluding carboxylic acids is 3. The Bertz CT molecular complexity index is 696. The van der Waals surface area contributed by atoms with E-state index in [4.69, 9.17) is 9.47 Å². The van der Waals surface area contributed by atoms with E-state index in [0.717, 1.165) is 70.8 Å². The fourth-order valence-corrected chi connectivity index (χ4v) is 6.38. The van der Waals surface area contributed by atoms with Gasteiger partial charge in [0.15, 0.2) is 0 Å². The van der Waals surface area contributed by atoms with Gasteiger partial charge in [-0.25, -0.2) is 0 Å². The first-order chi connectivity index (χ1) is 23.4. The van der Waals surface area contributed by atoms with Gasteiger partial charge in [0.1, 0.15) is 13.2 Å². The molecule has 48 heavy (non-hydrogen) atoms. The SMILES string of the molecule is CCCCCCCCC(CCCCCC)C(=O)OCCN(CCOC(=O)C(CCCCCC)CCCCCCCC)C(=O)CCNCC. The fourth-order valence-electron chi connectivity index (χ4n) is 6.38. The maximum atomic E-state index is 13.2. The number of unbranched alkanes of at least 4 members (excludes halogenated alkanes) is 16. The van der Waals surface area contributed by atoms with Crippen molar-refractivity contribution >= 4 is 17.8 Å². The second kappa shape index (κ2) is 35.2. The van der Waals surface area contributed by atoms with Crippen LogP contribution in [0.5, 0.6) is 0 Å². The zero-order chi connectivity index (χ0) is 35.5. The molecule has 0 aromatic heterocycles. The van der Waals surface area contributed by atoms with Crippen LogP contribution in [0.15, 0.2) is 0 Å². The number of ether oxygens (including phenoxy) is 2. The molecule has 2 unspecified atom stereocenters. The molecule has 1 N–H and O–H groups in total. The van der Waals surface area contributed by atoms with Crippen molar-refractivity contribution < 1.29 is 23.9 Å². The molecule has 0 bridgehead atoms. The van der Waals surface area contributed by atoms with Crippen molar-refractivity contribution in [1.29, 1.82) is 0 Å². The van der Waals surface area contributed by atoms with Gasteiger partial charge in [-0.15, -0.1) is 0 Å². The zero-order valence-electron chi connectivity index (χ0n) is 32.6. The Kier molecular flexibility index (Phi) is 34.0. The molecule has 0 aromatic carbocycles. The van der Waals surface area contributed by atoms with Gasteiger partial charge in [0, 0.05) is 13.0 Å². The summed E-state index contributed by atoms with van der Waals surface area (Å²) >= 11 is 0. The molecule has 0 aliphatic rings. The number of carbonyl (C=O) groups is 3. The maximum absolute atomic E-state index is 13.2. The quantitative estimate of drug-likeness (QED) is 0.0524. The van der Waals surface area contributed by atoms with Gasteiger partial charge < -0.3 is 19.7 Å². The lowest BCUT2D eigenvalue weighted by Crippen LogP contribution is -2.39. The van der Waals surface area contributed by atoms with Gasteiger partial charge in [-0.1, -0.05) is 163 Å². The van der Waals surface area contributed by atoms with E-state index >= 15 is 0 Å². The summed E-state index contributed by atoms with van der Waals surface area (Å²) < 4.78 is 11.6. The highest BCUT2D eigenvalue weighted by atomic mass is 16.5. The molecule has 0 aromatic rings. The molecule has 0 aliphatic carbocycles. The van der Waals surface area contributed by atoms with E-state index in [1.165, 1.54) is 89.9 Å². The number of hydrogen-bond donors (Lipinski definition) is 1. The summed E-state index contributed by atoms with van der Waals surface area (Å²) in [6.45, 7) is 13.3. The summed E-state index contributed by atoms with van der Waals surface area (Å²) in [5.74, 6) is -0.366. The third-order valence-electron chi connectivity index (χ3n) is 9.62. The second-order valence-corrected chi connectivity index (χ2v) is 14.0. The molecular formula is C41H80N2O5. The number of nitrogens with one attached hydrogen (secondary N) is 1. The van der Waals surface area contributed by atoms with Crippen LogP contribution in [0.1, 0.15) is 195 Å². The van der Waals surface area contributed by atoms with Crippen molar-refractivity contribution in [3.8, 4) is 0 Å². The number of nitrogens with zero attached hydrogens (tertiary/aromatic N) is 1. The fraction of sp³-hybridized carbons (Fsp3) is 0.927. The van der Waals surface area contributed by atoms with E-state index in [9.17, 15) is 14.4 Å². The van der Waals surface area contributed by atoms with Gasteiger partial charge in [0.05, 0.1) is 24.9 Å². The van der Waals surface area contributed by atoms with Crippen molar-refractivity contribution in [2.75, 3.05) is 39.4 Å². The monoisotopic (exact) mass is 681 g/mol. The van der Waals surface area contributed by atoms with E-state index in [-0.39, 0.29) is 42.9 Å². The van der Waals surface area contributed by atoms with Crippen molar-refractivity contribution in [2.24, 2.45) is 11.8 Å². The van der Waals surface area contributed by atoms with Crippen LogP contribution in [0.25, 0.3) is 0 Å². The minimum Gasteiger partial charge on any atom is -0.464 e. The van der Waals surface area contributed by atoms with Crippen molar-refractivity contribution in [3.63, 3.8) is 0 Å². The Labute approximate surface area is 297 Å². The predicted molar refractivity (Wildman–Crippen MR) is 202 cm³/mol. The van der Waals surface area contributed by atoms with Gasteiger partial charge in [-0.3, -0.25) is 14.4 Å². The summed E-state index contributed by atoms with van der Waals surface area (Å²) in [6, 6.07) is 0. The minimum absolute atomic E-state index is 0.00515. The van der Waals surface area contributed by atoms with Crippen LogP contribution < -0.4 is 5.32 Å². The third kappa shape index (κ3) is 27.2. The average molecular weight is 681 g/mol. The van der Waals surface area contributed by atoms with Gasteiger partial charge in [-0.05, 0) is 32.2 Å². The van der Waals surface area contributed by atoms with Gasteiger partial charge in [0.2, 0.25) is 5.91 Å². The molecule has 1 amide bonds. The van der Waals surface area contributed by atoms with E-state index in [1.54, 1.807) is 4.90 Å². The third-order valence-corrected chi connectivity index (χ3v) is 9.62. The first-order valence-corrected chi connectivity index (χ1v) is 20.8. The van der Waals surface area contributed by atoms with Crippen LogP contribution in [0, 0.1) is 11.8 Å². The lowest BCUT2D eigenvalue weighted by molar-refractivity contribution is -0.152. The predicted octanol–water partition coefficient (Wildman–Crippen LogP) is 10.6. The van der Waals surface area contributed by atoms with Crippen LogP contribution in [0.4, 0.5) is 0 Å². The van der Waals surface area contributed by atoms with Crippen LogP contribution >= 0.6 is 0 Å². The average Bonchev–Trinajstić information content (AvgIpc) is 3.08. The normalized spacial score (nSPS) is 12.5. The Balaban J connectivity index is 5.08. The molecule has 0 fully saturated rings. The highest BCUT2D eigenvalue weighted by molar-refractivity contribution is 5.76. The first-order valence-electron chi connectivity index (χ1n) is 20.8. The Hall–Kier alpha value is -1.63. The summed E-state index contributed by atoms with van der Waals surface area (Å²) in [6.07, 6.45) is 27.6. The summed E-state index contributed by atoms with van der Waals surface area (Å²) in [4.78, 5) is 41.3. The van der Waals surface area contributed by atoms with Crippen molar-refractivity contribution in [1.82, 2.24) is 10.2 Å². The Morgan fingerprint density at radius 1 is 0.500 bits per heavy atom. The zero-order valence-corrected chi connectivity index (χ0v) is 32.6. The Morgan fingerprint density at radius 2 is 0.833 bits per heavy atom. The lowest BCUT2D eigenvalue weighted by atomic mass is 9.94. The molecule has 0 aliphatic heterocycles. The highest BCUT2D eigenvalue weighted by Gasteiger charge is 2.22. The second-order valence-electron chi connectivity index (χ2n) is 14.0. The summed E-state index contributed by atoms with van der Waals surface area (Å²) in [7, 11) is 0. The summed E-state index contributed by atoms with van der Waals surface area (Å²) in [5.41, 5.74) is 0. The van der Waals surface area contributed by atoms with Crippen LogP contribution in [0.3, 0.4) is 0 Å². The molecule has 0 saturated heterocycles. The smallest absolute Gasteiger partial charge is 0.308 e. The van der Waals surface area contributed by atoms with E-state index in [1.807, 2.05) is 6.92 Å².